The fraction of sp³-hybridized carbons (Fsp3) is 0.429. The highest BCUT2D eigenvalue weighted by Crippen LogP contribution is 2.36. The number of pyridine rings is 2. The van der Waals surface area contributed by atoms with Crippen LogP contribution in [-0.2, 0) is 10.0 Å². The molecule has 14 nitrogen and oxygen atoms in total. The van der Waals surface area contributed by atoms with Crippen LogP contribution in [0.5, 0.6) is 0 Å². The number of aryl methyl sites for hydroxylation is 1. The number of aliphatic hydroxyl groups is 2. The molecule has 0 aliphatic carbocycles. The molecule has 1 aromatic carbocycles. The number of hydrogen-bond donors (Lipinski definition) is 5. The normalized spacial score (nSPS) is 14.3. The monoisotopic (exact) mass is 1100 g/mol. The molecule has 6 aromatic heterocycles. The lowest BCUT2D eigenvalue weighted by Gasteiger charge is -2.34. The lowest BCUT2D eigenvalue weighted by molar-refractivity contribution is -0.207. The number of aromatic amines is 1. The number of fused-ring (bicyclic) bond motifs is 2. The molecule has 0 aliphatic rings. The molecule has 75 heavy (non-hydrogen) atoms. The molecule has 5 N–H and O–H groups in total. The summed E-state index contributed by atoms with van der Waals surface area (Å²) < 4.78 is 162. The third-order valence-electron chi connectivity index (χ3n) is 11.0. The van der Waals surface area contributed by atoms with Gasteiger partial charge in [-0.3, -0.25) is 0 Å². The lowest BCUT2D eigenvalue weighted by Crippen LogP contribution is -2.42. The zero-order chi connectivity index (χ0) is 56.4. The highest BCUT2D eigenvalue weighted by molar-refractivity contribution is 7.90. The maximum absolute atomic E-state index is 14.8. The molecule has 0 amide bonds. The summed E-state index contributed by atoms with van der Waals surface area (Å²) in [7, 11) is -4.83. The molecule has 0 saturated carbocycles. The zero-order valence-corrected chi connectivity index (χ0v) is 44.5. The van der Waals surface area contributed by atoms with E-state index in [9.17, 15) is 62.5 Å². The second-order valence-corrected chi connectivity index (χ2v) is 29.2. The van der Waals surface area contributed by atoms with Gasteiger partial charge in [-0.1, -0.05) is 85.4 Å². The summed E-state index contributed by atoms with van der Waals surface area (Å²) >= 11 is 0. The Morgan fingerprint density at radius 3 is 1.52 bits per heavy atom. The average Bonchev–Trinajstić information content (AvgIpc) is 3.87. The number of aromatic nitrogens is 8. The van der Waals surface area contributed by atoms with Crippen LogP contribution in [0.15, 0.2) is 78.5 Å². The smallest absolute Gasteiger partial charge is 0.384 e. The number of nitrogens with zero attached hydrogens (tertiary/aromatic N) is 7. The van der Waals surface area contributed by atoms with Crippen molar-refractivity contribution in [2.75, 3.05) is 10.6 Å². The van der Waals surface area contributed by atoms with Crippen molar-refractivity contribution in [3.63, 3.8) is 0 Å². The molecule has 6 heterocycles. The fourth-order valence-electron chi connectivity index (χ4n) is 6.90. The molecule has 0 saturated heterocycles. The van der Waals surface area contributed by atoms with E-state index in [0.717, 1.165) is 46.6 Å². The first-order valence-corrected chi connectivity index (χ1v) is 28.5. The summed E-state index contributed by atoms with van der Waals surface area (Å²) in [5.41, 5.74) is -0.249. The van der Waals surface area contributed by atoms with E-state index in [1.165, 1.54) is 24.4 Å². The summed E-state index contributed by atoms with van der Waals surface area (Å²) in [6.45, 7) is 20.9. The molecule has 408 valence electrons. The second kappa shape index (κ2) is 22.5. The third kappa shape index (κ3) is 15.7. The number of alkyl halides is 6. The van der Waals surface area contributed by atoms with Gasteiger partial charge in [0.05, 0.1) is 29.7 Å². The van der Waals surface area contributed by atoms with E-state index in [2.05, 4.69) is 71.7 Å². The molecule has 0 fully saturated rings. The maximum Gasteiger partial charge on any atom is 0.414 e. The van der Waals surface area contributed by atoms with Crippen LogP contribution in [0.4, 0.5) is 55.5 Å². The molecule has 26 heteroatoms. The molecule has 4 atom stereocenters. The standard InChI is InChI=1S/C26H26F5N5O3S.C19H20F5N5O.C4H12Si/c1-14-5-7-16(8-6-14)40(38,39)36-13-18(17-9-15(27)11-33-24(17)36)22-32-12-19(28)23(35-22)34-20(25(2,3)4)10-21(37)26(29,30)31;1-18(2,3)13(5-14(30)19(22,23)24)28-17-12(21)8-27-16(29-17)11-7-26-15-10(11)4-9(20)6-25-15;1-5(2,3)4/h5-9,11-13,20-21,37H,10H2,1-4H3,(H,32,34,35);4,6-8,13-14,30H,5H2,1-3H3,(H,25,26)(H,27,28,29);1-4H3/t20-,21?;13-,14?;/m11./s1. The number of anilines is 2. The van der Waals surface area contributed by atoms with E-state index in [-0.39, 0.29) is 39.0 Å². The van der Waals surface area contributed by atoms with E-state index in [0.29, 0.717) is 16.6 Å². The van der Waals surface area contributed by atoms with Crippen molar-refractivity contribution in [2.45, 2.75) is 129 Å². The Kier molecular flexibility index (Phi) is 17.9. The van der Waals surface area contributed by atoms with Gasteiger partial charge < -0.3 is 25.8 Å². The lowest BCUT2D eigenvalue weighted by atomic mass is 9.83. The van der Waals surface area contributed by atoms with Crippen LogP contribution in [0, 0.1) is 41.0 Å². The highest BCUT2D eigenvalue weighted by atomic mass is 32.2. The number of benzene rings is 1. The summed E-state index contributed by atoms with van der Waals surface area (Å²) in [4.78, 5) is 26.6. The molecule has 0 radical (unpaired) electrons. The van der Waals surface area contributed by atoms with Gasteiger partial charge in [-0.25, -0.2) is 59.9 Å². The molecule has 0 aliphatic heterocycles. The van der Waals surface area contributed by atoms with Crippen molar-refractivity contribution in [1.29, 1.82) is 0 Å². The van der Waals surface area contributed by atoms with E-state index >= 15 is 0 Å². The summed E-state index contributed by atoms with van der Waals surface area (Å²) in [5, 5.41) is 24.8. The van der Waals surface area contributed by atoms with Gasteiger partial charge >= 0.3 is 12.4 Å². The Morgan fingerprint density at radius 1 is 0.653 bits per heavy atom. The number of hydrogen-bond acceptors (Lipinski definition) is 12. The Labute approximate surface area is 427 Å². The Morgan fingerprint density at radius 2 is 1.08 bits per heavy atom. The highest BCUT2D eigenvalue weighted by Gasteiger charge is 2.43. The van der Waals surface area contributed by atoms with Gasteiger partial charge in [-0.15, -0.1) is 0 Å². The summed E-state index contributed by atoms with van der Waals surface area (Å²) in [6.07, 6.45) is -10.3. The molecule has 2 unspecified atom stereocenters. The molecule has 7 rings (SSSR count). The number of aliphatic hydroxyl groups excluding tert-OH is 2. The van der Waals surface area contributed by atoms with Gasteiger partial charge in [0, 0.05) is 67.3 Å². The van der Waals surface area contributed by atoms with Gasteiger partial charge in [-0.05, 0) is 42.0 Å². The Hall–Kier alpha value is -6.25. The summed E-state index contributed by atoms with van der Waals surface area (Å²) in [6, 6.07) is 6.19. The minimum atomic E-state index is -4.89. The Bertz CT molecular complexity index is 3200. The third-order valence-corrected chi connectivity index (χ3v) is 12.7. The number of H-pyrrole nitrogens is 1. The van der Waals surface area contributed by atoms with Crippen LogP contribution in [0.1, 0.15) is 59.9 Å². The molecular weight excluding hydrogens is 1040 g/mol. The van der Waals surface area contributed by atoms with Crippen molar-refractivity contribution in [3.05, 3.63) is 102 Å². The molecule has 0 spiro atoms. The van der Waals surface area contributed by atoms with Gasteiger partial charge in [0.15, 0.2) is 52.8 Å². The minimum Gasteiger partial charge on any atom is -0.384 e. The van der Waals surface area contributed by atoms with Gasteiger partial charge in [0.2, 0.25) is 0 Å². The molecule has 7 aromatic rings. The van der Waals surface area contributed by atoms with E-state index in [4.69, 9.17) is 0 Å². The van der Waals surface area contributed by atoms with Crippen LogP contribution in [0.2, 0.25) is 26.2 Å². The molecular formula is C49H58F10N10O4SSi. The van der Waals surface area contributed by atoms with E-state index in [1.807, 2.05) is 0 Å². The maximum atomic E-state index is 14.8. The van der Waals surface area contributed by atoms with Crippen LogP contribution in [-0.4, -0.2) is 102 Å². The number of halogens is 10. The quantitative estimate of drug-likeness (QED) is 0.0574. The minimum absolute atomic E-state index is 0.00751. The fourth-order valence-corrected chi connectivity index (χ4v) is 8.22. The van der Waals surface area contributed by atoms with E-state index < -0.39 is 107 Å². The topological polar surface area (TPSA) is 197 Å². The van der Waals surface area contributed by atoms with Crippen LogP contribution >= 0.6 is 0 Å². The average molecular weight is 1100 g/mol. The van der Waals surface area contributed by atoms with Crippen molar-refractivity contribution in [2.24, 2.45) is 10.8 Å². The van der Waals surface area contributed by atoms with E-state index in [1.54, 1.807) is 60.6 Å². The van der Waals surface area contributed by atoms with Crippen LogP contribution < -0.4 is 10.6 Å². The first kappa shape index (κ1) is 59.6. The van der Waals surface area contributed by atoms with Crippen molar-refractivity contribution >= 4 is 51.8 Å². The van der Waals surface area contributed by atoms with Crippen LogP contribution in [0.3, 0.4) is 0 Å². The summed E-state index contributed by atoms with van der Waals surface area (Å²) in [5.74, 6) is -4.26. The predicted molar refractivity (Wildman–Crippen MR) is 268 cm³/mol. The van der Waals surface area contributed by atoms with Crippen molar-refractivity contribution in [1.82, 2.24) is 38.9 Å². The predicted octanol–water partition coefficient (Wildman–Crippen LogP) is 11.8. The second-order valence-electron chi connectivity index (χ2n) is 21.4. The van der Waals surface area contributed by atoms with Gasteiger partial charge in [0.1, 0.15) is 17.3 Å². The number of nitrogens with one attached hydrogen (secondary N) is 3. The van der Waals surface area contributed by atoms with Gasteiger partial charge in [0.25, 0.3) is 10.0 Å². The SMILES string of the molecule is CC(C)(C)[C@@H](CC(O)C(F)(F)F)Nc1nc(-c2c[nH]c3ncc(F)cc23)ncc1F.C[Si](C)(C)C.Cc1ccc(S(=O)(=O)n2cc(-c3ncc(F)c(N[C@H](CC(O)C(F)(F)F)C(C)(C)C)n3)c3cc(F)cnc32)cc1. The van der Waals surface area contributed by atoms with Crippen LogP contribution in [0.25, 0.3) is 44.8 Å². The van der Waals surface area contributed by atoms with Crippen molar-refractivity contribution < 1.29 is 62.5 Å². The van der Waals surface area contributed by atoms with Crippen molar-refractivity contribution in [3.8, 4) is 22.8 Å². The number of rotatable bonds is 12. The Balaban J connectivity index is 0.000000263. The van der Waals surface area contributed by atoms with Gasteiger partial charge in [-0.2, -0.15) is 26.3 Å². The first-order valence-electron chi connectivity index (χ1n) is 23.0. The first-order chi connectivity index (χ1) is 34.3. The molecule has 0 bridgehead atoms. The largest absolute Gasteiger partial charge is 0.414 e. The zero-order valence-electron chi connectivity index (χ0n) is 42.7.